The van der Waals surface area contributed by atoms with Crippen LogP contribution >= 0.6 is 15.9 Å². The SMILES string of the molecule is O=C1C=CC(=O)N1Cc1ccc(Br)cc1. The van der Waals surface area contributed by atoms with Gasteiger partial charge in [0.2, 0.25) is 0 Å². The number of hydrogen-bond acceptors (Lipinski definition) is 2. The van der Waals surface area contributed by atoms with E-state index in [4.69, 9.17) is 0 Å². The molecule has 3 nitrogen and oxygen atoms in total. The van der Waals surface area contributed by atoms with Crippen LogP contribution in [0, 0.1) is 0 Å². The van der Waals surface area contributed by atoms with Crippen LogP contribution in [0.2, 0.25) is 0 Å². The van der Waals surface area contributed by atoms with Gasteiger partial charge >= 0.3 is 0 Å². The maximum absolute atomic E-state index is 11.3. The summed E-state index contributed by atoms with van der Waals surface area (Å²) in [6.45, 7) is 0.331. The maximum atomic E-state index is 11.3. The Kier molecular flexibility index (Phi) is 2.68. The van der Waals surface area contributed by atoms with Gasteiger partial charge in [0, 0.05) is 16.6 Å². The molecule has 76 valence electrons. The Morgan fingerprint density at radius 1 is 1.00 bits per heavy atom. The Labute approximate surface area is 95.5 Å². The molecule has 0 radical (unpaired) electrons. The van der Waals surface area contributed by atoms with Crippen LogP contribution in [0.5, 0.6) is 0 Å². The Bertz CT molecular complexity index is 418. The lowest BCUT2D eigenvalue weighted by Gasteiger charge is -2.13. The van der Waals surface area contributed by atoms with Gasteiger partial charge in [-0.2, -0.15) is 0 Å². The van der Waals surface area contributed by atoms with Crippen LogP contribution < -0.4 is 0 Å². The quantitative estimate of drug-likeness (QED) is 0.766. The molecule has 1 aromatic rings. The average molecular weight is 266 g/mol. The fraction of sp³-hybridized carbons (Fsp3) is 0.0909. The second-order valence-electron chi connectivity index (χ2n) is 3.22. The van der Waals surface area contributed by atoms with Crippen molar-refractivity contribution in [3.63, 3.8) is 0 Å². The minimum Gasteiger partial charge on any atom is -0.271 e. The highest BCUT2D eigenvalue weighted by atomic mass is 79.9. The van der Waals surface area contributed by atoms with Crippen LogP contribution in [0.25, 0.3) is 0 Å². The van der Waals surface area contributed by atoms with Gasteiger partial charge in [-0.1, -0.05) is 28.1 Å². The molecular weight excluding hydrogens is 258 g/mol. The third-order valence-electron chi connectivity index (χ3n) is 2.15. The topological polar surface area (TPSA) is 37.4 Å². The van der Waals surface area contributed by atoms with Gasteiger partial charge in [-0.05, 0) is 17.7 Å². The highest BCUT2D eigenvalue weighted by molar-refractivity contribution is 9.10. The van der Waals surface area contributed by atoms with Crippen LogP contribution in [0.3, 0.4) is 0 Å². The number of halogens is 1. The molecule has 4 heteroatoms. The Morgan fingerprint density at radius 2 is 1.53 bits per heavy atom. The smallest absolute Gasteiger partial charge is 0.253 e. The van der Waals surface area contributed by atoms with Gasteiger partial charge in [-0.3, -0.25) is 14.5 Å². The van der Waals surface area contributed by atoms with Crippen molar-refractivity contribution in [3.05, 3.63) is 46.5 Å². The minimum absolute atomic E-state index is 0.247. The molecule has 0 N–H and O–H groups in total. The van der Waals surface area contributed by atoms with Crippen molar-refractivity contribution in [1.82, 2.24) is 4.90 Å². The third kappa shape index (κ3) is 2.15. The Balaban J connectivity index is 2.12. The largest absolute Gasteiger partial charge is 0.271 e. The summed E-state index contributed by atoms with van der Waals surface area (Å²) in [6, 6.07) is 7.52. The highest BCUT2D eigenvalue weighted by Gasteiger charge is 2.22. The number of imide groups is 1. The summed E-state index contributed by atoms with van der Waals surface area (Å²) in [5.74, 6) is -0.495. The monoisotopic (exact) mass is 265 g/mol. The zero-order valence-electron chi connectivity index (χ0n) is 7.81. The number of benzene rings is 1. The fourth-order valence-corrected chi connectivity index (χ4v) is 1.62. The summed E-state index contributed by atoms with van der Waals surface area (Å²) < 4.78 is 0.975. The van der Waals surface area contributed by atoms with Crippen molar-refractivity contribution in [2.24, 2.45) is 0 Å². The van der Waals surface area contributed by atoms with Gasteiger partial charge in [0.05, 0.1) is 6.54 Å². The molecule has 1 aromatic carbocycles. The molecule has 15 heavy (non-hydrogen) atoms. The van der Waals surface area contributed by atoms with E-state index in [1.165, 1.54) is 17.1 Å². The first-order valence-corrected chi connectivity index (χ1v) is 5.24. The van der Waals surface area contributed by atoms with Crippen molar-refractivity contribution in [3.8, 4) is 0 Å². The van der Waals surface area contributed by atoms with E-state index < -0.39 is 0 Å². The van der Waals surface area contributed by atoms with Crippen LogP contribution in [-0.4, -0.2) is 16.7 Å². The van der Waals surface area contributed by atoms with Crippen LogP contribution in [-0.2, 0) is 16.1 Å². The molecule has 0 fully saturated rings. The molecule has 0 saturated carbocycles. The maximum Gasteiger partial charge on any atom is 0.253 e. The van der Waals surface area contributed by atoms with Gasteiger partial charge < -0.3 is 0 Å². The number of carbonyl (C=O) groups is 2. The molecule has 0 atom stereocenters. The van der Waals surface area contributed by atoms with E-state index in [2.05, 4.69) is 15.9 Å². The van der Waals surface area contributed by atoms with Gasteiger partial charge in [-0.15, -0.1) is 0 Å². The molecule has 0 spiro atoms. The van der Waals surface area contributed by atoms with Crippen LogP contribution in [0.15, 0.2) is 40.9 Å². The Hall–Kier alpha value is -1.42. The summed E-state index contributed by atoms with van der Waals surface area (Å²) in [5, 5.41) is 0. The zero-order valence-corrected chi connectivity index (χ0v) is 9.40. The van der Waals surface area contributed by atoms with Crippen molar-refractivity contribution in [1.29, 1.82) is 0 Å². The lowest BCUT2D eigenvalue weighted by atomic mass is 10.2. The number of nitrogens with zero attached hydrogens (tertiary/aromatic N) is 1. The minimum atomic E-state index is -0.247. The predicted octanol–water partition coefficient (Wildman–Crippen LogP) is 1.87. The van der Waals surface area contributed by atoms with Crippen molar-refractivity contribution < 1.29 is 9.59 Å². The second-order valence-corrected chi connectivity index (χ2v) is 4.14. The number of rotatable bonds is 2. The molecule has 1 aliphatic rings. The van der Waals surface area contributed by atoms with E-state index >= 15 is 0 Å². The molecule has 1 heterocycles. The summed E-state index contributed by atoms with van der Waals surface area (Å²) in [5.41, 5.74) is 0.934. The van der Waals surface area contributed by atoms with Gasteiger partial charge in [0.15, 0.2) is 0 Å². The Morgan fingerprint density at radius 3 is 2.07 bits per heavy atom. The molecule has 2 amide bonds. The lowest BCUT2D eigenvalue weighted by molar-refractivity contribution is -0.137. The van der Waals surface area contributed by atoms with E-state index in [0.29, 0.717) is 6.54 Å². The molecule has 0 unspecified atom stereocenters. The first kappa shape index (κ1) is 10.1. The standard InChI is InChI=1S/C11H8BrNO2/c12-9-3-1-8(2-4-9)7-13-10(14)5-6-11(13)15/h1-6H,7H2. The predicted molar refractivity (Wildman–Crippen MR) is 58.8 cm³/mol. The summed E-state index contributed by atoms with van der Waals surface area (Å²) in [4.78, 5) is 23.7. The first-order chi connectivity index (χ1) is 7.16. The number of carbonyl (C=O) groups excluding carboxylic acids is 2. The normalized spacial score (nSPS) is 15.1. The molecule has 1 aliphatic heterocycles. The molecule has 0 aromatic heterocycles. The second kappa shape index (κ2) is 3.98. The van der Waals surface area contributed by atoms with Crippen molar-refractivity contribution >= 4 is 27.7 Å². The van der Waals surface area contributed by atoms with E-state index in [-0.39, 0.29) is 11.8 Å². The zero-order chi connectivity index (χ0) is 10.8. The number of hydrogen-bond donors (Lipinski definition) is 0. The third-order valence-corrected chi connectivity index (χ3v) is 2.68. The lowest BCUT2D eigenvalue weighted by Crippen LogP contribution is -2.29. The van der Waals surface area contributed by atoms with E-state index in [1.807, 2.05) is 24.3 Å². The van der Waals surface area contributed by atoms with E-state index in [0.717, 1.165) is 10.0 Å². The summed E-state index contributed by atoms with van der Waals surface area (Å²) in [7, 11) is 0. The molecular formula is C11H8BrNO2. The van der Waals surface area contributed by atoms with Crippen molar-refractivity contribution in [2.75, 3.05) is 0 Å². The molecule has 0 bridgehead atoms. The number of amides is 2. The van der Waals surface area contributed by atoms with E-state index in [1.54, 1.807) is 0 Å². The average Bonchev–Trinajstić information content (AvgIpc) is 2.53. The molecule has 2 rings (SSSR count). The van der Waals surface area contributed by atoms with Crippen LogP contribution in [0.1, 0.15) is 5.56 Å². The fourth-order valence-electron chi connectivity index (χ4n) is 1.36. The highest BCUT2D eigenvalue weighted by Crippen LogP contribution is 2.14. The first-order valence-electron chi connectivity index (χ1n) is 4.45. The van der Waals surface area contributed by atoms with Gasteiger partial charge in [0.1, 0.15) is 0 Å². The van der Waals surface area contributed by atoms with E-state index in [9.17, 15) is 9.59 Å². The summed E-state index contributed by atoms with van der Waals surface area (Å²) in [6.07, 6.45) is 2.59. The molecule has 0 saturated heterocycles. The van der Waals surface area contributed by atoms with Gasteiger partial charge in [-0.25, -0.2) is 0 Å². The van der Waals surface area contributed by atoms with Crippen molar-refractivity contribution in [2.45, 2.75) is 6.54 Å². The van der Waals surface area contributed by atoms with Gasteiger partial charge in [0.25, 0.3) is 11.8 Å². The van der Waals surface area contributed by atoms with Crippen LogP contribution in [0.4, 0.5) is 0 Å². The summed E-state index contributed by atoms with van der Waals surface area (Å²) >= 11 is 3.32. The molecule has 0 aliphatic carbocycles.